The van der Waals surface area contributed by atoms with Gasteiger partial charge >= 0.3 is 0 Å². The minimum Gasteiger partial charge on any atom is -0.373 e. The van der Waals surface area contributed by atoms with E-state index in [9.17, 15) is 9.59 Å². The van der Waals surface area contributed by atoms with Gasteiger partial charge in [0, 0.05) is 50.4 Å². The van der Waals surface area contributed by atoms with Crippen molar-refractivity contribution in [3.8, 4) is 0 Å². The molecule has 0 saturated carbocycles. The van der Waals surface area contributed by atoms with E-state index < -0.39 is 5.82 Å². The first-order chi connectivity index (χ1) is 15.9. The van der Waals surface area contributed by atoms with Gasteiger partial charge in [0.05, 0.1) is 41.8 Å². The second-order valence-corrected chi connectivity index (χ2v) is 8.47. The van der Waals surface area contributed by atoms with Crippen LogP contribution in [0, 0.1) is 12.7 Å². The molecule has 2 N–H and O–H groups in total. The third kappa shape index (κ3) is 3.96. The molecule has 1 saturated heterocycles. The third-order valence-corrected chi connectivity index (χ3v) is 6.30. The Morgan fingerprint density at radius 2 is 2.21 bits per heavy atom. The summed E-state index contributed by atoms with van der Waals surface area (Å²) in [5.74, 6) is -0.717. The number of nitrogens with one attached hydrogen (secondary N) is 2. The summed E-state index contributed by atoms with van der Waals surface area (Å²) >= 11 is 0. The Labute approximate surface area is 189 Å². The number of aromatic nitrogens is 3. The molecule has 5 rings (SSSR count). The molecule has 0 aliphatic carbocycles. The number of carbonyl (C=O) groups excluding carboxylic acids is 1. The number of pyridine rings is 3. The summed E-state index contributed by atoms with van der Waals surface area (Å²) in [6.07, 6.45) is 1.60. The molecule has 1 atom stereocenters. The number of hydrogen-bond acceptors (Lipinski definition) is 7. The van der Waals surface area contributed by atoms with Crippen LogP contribution in [0.3, 0.4) is 0 Å². The second kappa shape index (κ2) is 8.53. The van der Waals surface area contributed by atoms with Gasteiger partial charge in [-0.05, 0) is 25.1 Å². The molecule has 3 aromatic rings. The number of carbonyl (C=O) groups is 1. The van der Waals surface area contributed by atoms with E-state index >= 15 is 4.39 Å². The van der Waals surface area contributed by atoms with E-state index in [-0.39, 0.29) is 23.0 Å². The normalized spacial score (nSPS) is 18.5. The number of H-pyrrole nitrogens is 1. The van der Waals surface area contributed by atoms with Crippen molar-refractivity contribution in [3.05, 3.63) is 63.2 Å². The smallest absolute Gasteiger partial charge is 0.269 e. The quantitative estimate of drug-likeness (QED) is 0.618. The lowest BCUT2D eigenvalue weighted by Gasteiger charge is -2.41. The van der Waals surface area contributed by atoms with Crippen molar-refractivity contribution in [2.75, 3.05) is 38.2 Å². The predicted octanol–water partition coefficient (Wildman–Crippen LogP) is 1.35. The van der Waals surface area contributed by atoms with Crippen LogP contribution in [0.5, 0.6) is 0 Å². The van der Waals surface area contributed by atoms with E-state index in [0.29, 0.717) is 61.7 Å². The molecule has 172 valence electrons. The van der Waals surface area contributed by atoms with E-state index in [1.807, 2.05) is 6.07 Å². The zero-order valence-corrected chi connectivity index (χ0v) is 18.5. The van der Waals surface area contributed by atoms with E-state index in [1.165, 1.54) is 0 Å². The molecule has 2 aliphatic heterocycles. The topological polar surface area (TPSA) is 103 Å². The molecule has 0 spiro atoms. The second-order valence-electron chi connectivity index (χ2n) is 8.47. The summed E-state index contributed by atoms with van der Waals surface area (Å²) in [5.41, 5.74) is 2.80. The van der Waals surface area contributed by atoms with E-state index in [0.717, 1.165) is 11.4 Å². The largest absolute Gasteiger partial charge is 0.373 e. The highest BCUT2D eigenvalue weighted by molar-refractivity contribution is 5.92. The minimum atomic E-state index is -0.486. The Bertz CT molecular complexity index is 1290. The lowest BCUT2D eigenvalue weighted by Crippen LogP contribution is -2.54. The minimum absolute atomic E-state index is 0.0682. The molecular formula is C23H25FN6O3. The summed E-state index contributed by atoms with van der Waals surface area (Å²) in [6, 6.07) is 5.37. The van der Waals surface area contributed by atoms with E-state index in [1.54, 1.807) is 32.3 Å². The van der Waals surface area contributed by atoms with Gasteiger partial charge in [-0.1, -0.05) is 0 Å². The number of halogens is 1. The molecule has 33 heavy (non-hydrogen) atoms. The van der Waals surface area contributed by atoms with Crippen molar-refractivity contribution in [2.45, 2.75) is 26.1 Å². The highest BCUT2D eigenvalue weighted by Gasteiger charge is 2.32. The number of nitrogens with zero attached hydrogens (tertiary/aromatic N) is 4. The molecule has 9 nitrogen and oxygen atoms in total. The van der Waals surface area contributed by atoms with Crippen molar-refractivity contribution in [1.29, 1.82) is 0 Å². The zero-order chi connectivity index (χ0) is 23.1. The van der Waals surface area contributed by atoms with Crippen molar-refractivity contribution in [3.63, 3.8) is 0 Å². The van der Waals surface area contributed by atoms with E-state index in [2.05, 4.69) is 30.1 Å². The maximum atomic E-state index is 15.1. The highest BCUT2D eigenvalue weighted by Crippen LogP contribution is 2.29. The fourth-order valence-electron chi connectivity index (χ4n) is 4.54. The zero-order valence-electron chi connectivity index (χ0n) is 18.5. The van der Waals surface area contributed by atoms with Crippen LogP contribution < -0.4 is 15.8 Å². The van der Waals surface area contributed by atoms with Crippen LogP contribution in [0.1, 0.15) is 27.4 Å². The number of aromatic amines is 1. The Balaban J connectivity index is 1.36. The number of ether oxygens (including phenoxy) is 1. The maximum Gasteiger partial charge on any atom is 0.269 e. The first kappa shape index (κ1) is 21.5. The lowest BCUT2D eigenvalue weighted by atomic mass is 10.1. The summed E-state index contributed by atoms with van der Waals surface area (Å²) < 4.78 is 21.0. The number of piperazine rings is 1. The Hall–Kier alpha value is -3.37. The van der Waals surface area contributed by atoms with Gasteiger partial charge in [-0.3, -0.25) is 19.5 Å². The van der Waals surface area contributed by atoms with Gasteiger partial charge < -0.3 is 19.9 Å². The highest BCUT2D eigenvalue weighted by atomic mass is 19.1. The van der Waals surface area contributed by atoms with Crippen molar-refractivity contribution in [2.24, 2.45) is 0 Å². The standard InChI is InChI=1S/C23H25FN6O3/c1-13-7-14-8-26-17(20(24)21(14)28-22(13)31)10-29-5-6-30-15(9-29)11-33-12-18-19(30)4-3-16(27-18)23(32)25-2/h3-4,7-8,15H,5-6,9-12H2,1-2H3,(H,25,32)(H,28,31)/t15-/m1/s1. The molecule has 1 fully saturated rings. The van der Waals surface area contributed by atoms with Gasteiger partial charge in [-0.2, -0.15) is 0 Å². The van der Waals surface area contributed by atoms with Crippen LogP contribution in [0.2, 0.25) is 0 Å². The number of hydrogen-bond donors (Lipinski definition) is 2. The maximum absolute atomic E-state index is 15.1. The number of rotatable bonds is 3. The van der Waals surface area contributed by atoms with Crippen LogP contribution in [-0.2, 0) is 17.9 Å². The first-order valence-electron chi connectivity index (χ1n) is 10.9. The monoisotopic (exact) mass is 452 g/mol. The molecule has 3 aromatic heterocycles. The van der Waals surface area contributed by atoms with Gasteiger partial charge in [0.15, 0.2) is 5.82 Å². The Morgan fingerprint density at radius 1 is 1.36 bits per heavy atom. The van der Waals surface area contributed by atoms with E-state index in [4.69, 9.17) is 4.74 Å². The molecule has 0 aromatic carbocycles. The fraction of sp³-hybridized carbons (Fsp3) is 0.391. The van der Waals surface area contributed by atoms with Gasteiger partial charge in [0.1, 0.15) is 5.69 Å². The van der Waals surface area contributed by atoms with Crippen molar-refractivity contribution >= 4 is 22.5 Å². The summed E-state index contributed by atoms with van der Waals surface area (Å²) in [4.78, 5) is 39.7. The summed E-state index contributed by atoms with van der Waals surface area (Å²) in [5, 5.41) is 3.17. The molecule has 1 amide bonds. The van der Waals surface area contributed by atoms with Crippen molar-refractivity contribution in [1.82, 2.24) is 25.2 Å². The first-order valence-corrected chi connectivity index (χ1v) is 10.9. The number of anilines is 1. The lowest BCUT2D eigenvalue weighted by molar-refractivity contribution is 0.0871. The van der Waals surface area contributed by atoms with Gasteiger partial charge in [0.25, 0.3) is 11.5 Å². The van der Waals surface area contributed by atoms with Gasteiger partial charge in [-0.25, -0.2) is 9.37 Å². The van der Waals surface area contributed by atoms with Crippen LogP contribution in [0.25, 0.3) is 10.9 Å². The molecule has 2 aliphatic rings. The summed E-state index contributed by atoms with van der Waals surface area (Å²) in [7, 11) is 1.58. The molecule has 0 bridgehead atoms. The average molecular weight is 452 g/mol. The van der Waals surface area contributed by atoms with Gasteiger partial charge in [-0.15, -0.1) is 0 Å². The number of fused-ring (bicyclic) bond motifs is 4. The third-order valence-electron chi connectivity index (χ3n) is 6.30. The molecule has 0 radical (unpaired) electrons. The van der Waals surface area contributed by atoms with Crippen molar-refractivity contribution < 1.29 is 13.9 Å². The van der Waals surface area contributed by atoms with Crippen LogP contribution in [0.4, 0.5) is 10.1 Å². The Morgan fingerprint density at radius 3 is 3.03 bits per heavy atom. The van der Waals surface area contributed by atoms with Crippen LogP contribution in [0.15, 0.2) is 29.2 Å². The molecular weight excluding hydrogens is 427 g/mol. The van der Waals surface area contributed by atoms with Crippen LogP contribution in [-0.4, -0.2) is 65.1 Å². The van der Waals surface area contributed by atoms with Gasteiger partial charge in [0.2, 0.25) is 0 Å². The summed E-state index contributed by atoms with van der Waals surface area (Å²) in [6.45, 7) is 4.95. The predicted molar refractivity (Wildman–Crippen MR) is 121 cm³/mol. The SMILES string of the molecule is CNC(=O)c1ccc2c(n1)COC[C@H]1CN(Cc3ncc4cc(C)c(=O)[nH]c4c3F)CCN21. The number of amides is 1. The fourth-order valence-corrected chi connectivity index (χ4v) is 4.54. The molecule has 5 heterocycles. The van der Waals surface area contributed by atoms with Crippen LogP contribution >= 0.6 is 0 Å². The molecule has 10 heteroatoms. The average Bonchev–Trinajstić information content (AvgIpc) is 3.00. The Kier molecular flexibility index (Phi) is 5.55. The number of aryl methyl sites for hydroxylation is 1. The molecule has 0 unspecified atom stereocenters.